The van der Waals surface area contributed by atoms with Gasteiger partial charge in [0, 0.05) is 12.6 Å². The van der Waals surface area contributed by atoms with Gasteiger partial charge in [0.2, 0.25) is 5.91 Å². The summed E-state index contributed by atoms with van der Waals surface area (Å²) in [5.74, 6) is 0.728. The van der Waals surface area contributed by atoms with Gasteiger partial charge >= 0.3 is 0 Å². The van der Waals surface area contributed by atoms with Crippen molar-refractivity contribution in [2.45, 2.75) is 26.9 Å². The number of rotatable bonds is 11. The van der Waals surface area contributed by atoms with Gasteiger partial charge in [-0.25, -0.2) is 0 Å². The SMILES string of the molecule is CCN(CC)CCCNC(=O)/C=C/c1cccc(OCc2ccccc2)c1. The number of benzene rings is 2. The summed E-state index contributed by atoms with van der Waals surface area (Å²) in [4.78, 5) is 14.3. The molecule has 4 nitrogen and oxygen atoms in total. The molecule has 2 aromatic carbocycles. The maximum absolute atomic E-state index is 12.0. The molecular weight excluding hydrogens is 336 g/mol. The lowest BCUT2D eigenvalue weighted by atomic mass is 10.2. The van der Waals surface area contributed by atoms with Crippen LogP contribution in [0.1, 0.15) is 31.4 Å². The fraction of sp³-hybridized carbons (Fsp3) is 0.348. The van der Waals surface area contributed by atoms with Crippen LogP contribution in [0.2, 0.25) is 0 Å². The van der Waals surface area contributed by atoms with Crippen molar-refractivity contribution in [3.8, 4) is 5.75 Å². The zero-order chi connectivity index (χ0) is 19.3. The van der Waals surface area contributed by atoms with Crippen molar-refractivity contribution in [1.82, 2.24) is 10.2 Å². The fourth-order valence-corrected chi connectivity index (χ4v) is 2.73. The van der Waals surface area contributed by atoms with Gasteiger partial charge in [-0.2, -0.15) is 0 Å². The summed E-state index contributed by atoms with van der Waals surface area (Å²) in [6, 6.07) is 17.8. The van der Waals surface area contributed by atoms with E-state index in [9.17, 15) is 4.79 Å². The molecule has 0 radical (unpaired) electrons. The van der Waals surface area contributed by atoms with Gasteiger partial charge in [0.25, 0.3) is 0 Å². The third kappa shape index (κ3) is 8.09. The van der Waals surface area contributed by atoms with E-state index >= 15 is 0 Å². The molecule has 0 saturated carbocycles. The van der Waals surface area contributed by atoms with Crippen molar-refractivity contribution in [1.29, 1.82) is 0 Å². The van der Waals surface area contributed by atoms with Crippen LogP contribution >= 0.6 is 0 Å². The van der Waals surface area contributed by atoms with E-state index in [-0.39, 0.29) is 5.91 Å². The first-order valence-electron chi connectivity index (χ1n) is 9.66. The molecule has 0 unspecified atom stereocenters. The van der Waals surface area contributed by atoms with Crippen LogP contribution in [-0.2, 0) is 11.4 Å². The maximum Gasteiger partial charge on any atom is 0.243 e. The predicted molar refractivity (Wildman–Crippen MR) is 112 cm³/mol. The van der Waals surface area contributed by atoms with Crippen molar-refractivity contribution in [2.24, 2.45) is 0 Å². The molecule has 0 aliphatic heterocycles. The summed E-state index contributed by atoms with van der Waals surface area (Å²) in [5.41, 5.74) is 2.07. The topological polar surface area (TPSA) is 41.6 Å². The summed E-state index contributed by atoms with van der Waals surface area (Å²) >= 11 is 0. The lowest BCUT2D eigenvalue weighted by Crippen LogP contribution is -2.29. The molecule has 4 heteroatoms. The van der Waals surface area contributed by atoms with E-state index < -0.39 is 0 Å². The standard InChI is InChI=1S/C23H30N2O2/c1-3-25(4-2)17-9-16-24-23(26)15-14-20-12-8-13-22(18-20)27-19-21-10-6-5-7-11-21/h5-8,10-15,18H,3-4,9,16-17,19H2,1-2H3,(H,24,26)/b15-14+. The first kappa shape index (κ1) is 20.7. The van der Waals surface area contributed by atoms with Crippen LogP contribution in [0.25, 0.3) is 6.08 Å². The molecule has 144 valence electrons. The number of hydrogen-bond donors (Lipinski definition) is 1. The molecule has 2 rings (SSSR count). The Balaban J connectivity index is 1.76. The highest BCUT2D eigenvalue weighted by atomic mass is 16.5. The quantitative estimate of drug-likeness (QED) is 0.480. The lowest BCUT2D eigenvalue weighted by molar-refractivity contribution is -0.116. The number of carbonyl (C=O) groups excluding carboxylic acids is 1. The van der Waals surface area contributed by atoms with Gasteiger partial charge in [0.1, 0.15) is 12.4 Å². The Labute approximate surface area is 162 Å². The van der Waals surface area contributed by atoms with Gasteiger partial charge in [-0.15, -0.1) is 0 Å². The van der Waals surface area contributed by atoms with Crippen LogP contribution in [0, 0.1) is 0 Å². The number of hydrogen-bond acceptors (Lipinski definition) is 3. The van der Waals surface area contributed by atoms with Gasteiger partial charge in [-0.3, -0.25) is 4.79 Å². The van der Waals surface area contributed by atoms with Gasteiger partial charge in [-0.1, -0.05) is 56.3 Å². The molecule has 0 saturated heterocycles. The summed E-state index contributed by atoms with van der Waals surface area (Å²) in [7, 11) is 0. The second kappa shape index (κ2) is 11.9. The largest absolute Gasteiger partial charge is 0.489 e. The number of nitrogens with one attached hydrogen (secondary N) is 1. The molecule has 0 fully saturated rings. The van der Waals surface area contributed by atoms with Gasteiger partial charge in [0.05, 0.1) is 0 Å². The highest BCUT2D eigenvalue weighted by Crippen LogP contribution is 2.16. The maximum atomic E-state index is 12.0. The Morgan fingerprint density at radius 1 is 1.07 bits per heavy atom. The molecule has 0 aromatic heterocycles. The molecule has 2 aromatic rings. The monoisotopic (exact) mass is 366 g/mol. The third-order valence-corrected chi connectivity index (χ3v) is 4.38. The number of carbonyl (C=O) groups is 1. The molecule has 1 amide bonds. The number of nitrogens with zero attached hydrogens (tertiary/aromatic N) is 1. The van der Waals surface area contributed by atoms with Crippen molar-refractivity contribution in [3.63, 3.8) is 0 Å². The number of amides is 1. The number of ether oxygens (including phenoxy) is 1. The van der Waals surface area contributed by atoms with Crippen molar-refractivity contribution >= 4 is 12.0 Å². The van der Waals surface area contributed by atoms with Crippen molar-refractivity contribution in [2.75, 3.05) is 26.2 Å². The van der Waals surface area contributed by atoms with Gasteiger partial charge in [-0.05, 0) is 55.4 Å². The van der Waals surface area contributed by atoms with Crippen molar-refractivity contribution < 1.29 is 9.53 Å². The van der Waals surface area contributed by atoms with Crippen LogP contribution in [0.15, 0.2) is 60.7 Å². The molecule has 0 atom stereocenters. The van der Waals surface area contributed by atoms with Crippen LogP contribution in [-0.4, -0.2) is 37.0 Å². The van der Waals surface area contributed by atoms with E-state index in [1.807, 2.05) is 60.7 Å². The minimum Gasteiger partial charge on any atom is -0.489 e. The fourth-order valence-electron chi connectivity index (χ4n) is 2.73. The molecule has 0 aliphatic rings. The Kier molecular flexibility index (Phi) is 9.14. The average molecular weight is 367 g/mol. The summed E-state index contributed by atoms with van der Waals surface area (Å²) in [6.45, 7) is 8.64. The average Bonchev–Trinajstić information content (AvgIpc) is 2.72. The second-order valence-corrected chi connectivity index (χ2v) is 6.35. The summed E-state index contributed by atoms with van der Waals surface area (Å²) in [5, 5.41) is 2.93. The molecular formula is C23H30N2O2. The van der Waals surface area contributed by atoms with E-state index in [0.29, 0.717) is 13.2 Å². The zero-order valence-corrected chi connectivity index (χ0v) is 16.4. The molecule has 27 heavy (non-hydrogen) atoms. The van der Waals surface area contributed by atoms with Crippen molar-refractivity contribution in [3.05, 3.63) is 71.8 Å². The van der Waals surface area contributed by atoms with Crippen LogP contribution in [0.5, 0.6) is 5.75 Å². The molecule has 0 bridgehead atoms. The van der Waals surface area contributed by atoms with Crippen LogP contribution in [0.3, 0.4) is 0 Å². The predicted octanol–water partition coefficient (Wildman–Crippen LogP) is 4.13. The normalized spacial score (nSPS) is 11.1. The highest BCUT2D eigenvalue weighted by Gasteiger charge is 2.00. The Morgan fingerprint density at radius 2 is 1.85 bits per heavy atom. The Hall–Kier alpha value is -2.59. The molecule has 0 aliphatic carbocycles. The summed E-state index contributed by atoms with van der Waals surface area (Å²) < 4.78 is 5.82. The van der Waals surface area contributed by atoms with Gasteiger partial charge in [0.15, 0.2) is 0 Å². The highest BCUT2D eigenvalue weighted by molar-refractivity contribution is 5.91. The third-order valence-electron chi connectivity index (χ3n) is 4.38. The van der Waals surface area contributed by atoms with Gasteiger partial charge < -0.3 is 15.0 Å². The minimum atomic E-state index is -0.0647. The van der Waals surface area contributed by atoms with Crippen LogP contribution < -0.4 is 10.1 Å². The van der Waals surface area contributed by atoms with Crippen LogP contribution in [0.4, 0.5) is 0 Å². The minimum absolute atomic E-state index is 0.0647. The zero-order valence-electron chi connectivity index (χ0n) is 16.4. The molecule has 0 heterocycles. The van der Waals surface area contributed by atoms with E-state index in [0.717, 1.165) is 42.9 Å². The van der Waals surface area contributed by atoms with E-state index in [1.165, 1.54) is 0 Å². The van der Waals surface area contributed by atoms with E-state index in [1.54, 1.807) is 6.08 Å². The lowest BCUT2D eigenvalue weighted by Gasteiger charge is -2.17. The van der Waals surface area contributed by atoms with E-state index in [4.69, 9.17) is 4.74 Å². The van der Waals surface area contributed by atoms with E-state index in [2.05, 4.69) is 24.1 Å². The first-order chi connectivity index (χ1) is 13.2. The first-order valence-corrected chi connectivity index (χ1v) is 9.66. The Morgan fingerprint density at radius 3 is 2.59 bits per heavy atom. The Bertz CT molecular complexity index is 709. The molecule has 1 N–H and O–H groups in total. The second-order valence-electron chi connectivity index (χ2n) is 6.35. The smallest absolute Gasteiger partial charge is 0.243 e. The summed E-state index contributed by atoms with van der Waals surface area (Å²) in [6.07, 6.45) is 4.35. The molecule has 0 spiro atoms.